The zero-order valence-electron chi connectivity index (χ0n) is 20.0. The van der Waals surface area contributed by atoms with Gasteiger partial charge in [-0.15, -0.1) is 0 Å². The summed E-state index contributed by atoms with van der Waals surface area (Å²) in [5.74, 6) is 0.145. The molecule has 0 bridgehead atoms. The van der Waals surface area contributed by atoms with E-state index in [9.17, 15) is 30.8 Å². The molecular formula is C26H26F4N2O3S2. The quantitative estimate of drug-likeness (QED) is 0.241. The van der Waals surface area contributed by atoms with Crippen LogP contribution in [-0.2, 0) is 26.7 Å². The van der Waals surface area contributed by atoms with E-state index in [1.165, 1.54) is 36.0 Å². The minimum Gasteiger partial charge on any atom is -0.354 e. The number of carbonyl (C=O) groups excluding carboxylic acids is 1. The molecule has 0 saturated heterocycles. The van der Waals surface area contributed by atoms with Crippen molar-refractivity contribution in [1.82, 2.24) is 5.32 Å². The molecular weight excluding hydrogens is 528 g/mol. The number of carbonyl (C=O) groups is 1. The van der Waals surface area contributed by atoms with Crippen molar-refractivity contribution < 1.29 is 30.8 Å². The van der Waals surface area contributed by atoms with E-state index in [2.05, 4.69) is 5.32 Å². The van der Waals surface area contributed by atoms with Gasteiger partial charge in [0.1, 0.15) is 12.4 Å². The van der Waals surface area contributed by atoms with Gasteiger partial charge in [0.25, 0.3) is 10.0 Å². The molecule has 0 heterocycles. The smallest absolute Gasteiger partial charge is 0.354 e. The molecule has 1 amide bonds. The number of halogens is 4. The van der Waals surface area contributed by atoms with Crippen LogP contribution in [0.2, 0.25) is 0 Å². The van der Waals surface area contributed by atoms with Gasteiger partial charge in [0.2, 0.25) is 5.91 Å². The lowest BCUT2D eigenvalue weighted by Gasteiger charge is -2.25. The van der Waals surface area contributed by atoms with E-state index in [0.29, 0.717) is 33.9 Å². The number of amides is 1. The predicted molar refractivity (Wildman–Crippen MR) is 137 cm³/mol. The molecule has 0 aliphatic heterocycles. The lowest BCUT2D eigenvalue weighted by molar-refractivity contribution is -0.137. The molecule has 0 atom stereocenters. The highest BCUT2D eigenvalue weighted by Crippen LogP contribution is 2.33. The van der Waals surface area contributed by atoms with Crippen LogP contribution >= 0.6 is 11.8 Å². The largest absolute Gasteiger partial charge is 0.416 e. The van der Waals surface area contributed by atoms with Gasteiger partial charge in [-0.1, -0.05) is 42.0 Å². The van der Waals surface area contributed by atoms with Gasteiger partial charge in [-0.25, -0.2) is 12.8 Å². The molecule has 3 aromatic rings. The SMILES string of the molecule is Cc1ccc(S(=O)(=O)N(CC(=O)NCCCSCc2ccccc2F)c2cccc(C(F)(F)F)c2)cc1. The first-order chi connectivity index (χ1) is 17.5. The molecule has 5 nitrogen and oxygen atoms in total. The normalized spacial score (nSPS) is 11.8. The van der Waals surface area contributed by atoms with Crippen LogP contribution in [0.15, 0.2) is 77.7 Å². The predicted octanol–water partition coefficient (Wildman–Crippen LogP) is 5.79. The molecule has 37 heavy (non-hydrogen) atoms. The Morgan fingerprint density at radius 1 is 1.00 bits per heavy atom. The summed E-state index contributed by atoms with van der Waals surface area (Å²) < 4.78 is 80.9. The summed E-state index contributed by atoms with van der Waals surface area (Å²) in [5.41, 5.74) is 0.0807. The van der Waals surface area contributed by atoms with Crippen LogP contribution in [0.1, 0.15) is 23.1 Å². The van der Waals surface area contributed by atoms with Gasteiger partial charge in [0, 0.05) is 12.3 Å². The number of rotatable bonds is 11. The van der Waals surface area contributed by atoms with Crippen LogP contribution < -0.4 is 9.62 Å². The fraction of sp³-hybridized carbons (Fsp3) is 0.269. The molecule has 0 aliphatic carbocycles. The third kappa shape index (κ3) is 7.96. The maximum Gasteiger partial charge on any atom is 0.416 e. The first kappa shape index (κ1) is 28.5. The van der Waals surface area contributed by atoms with Crippen molar-refractivity contribution in [2.75, 3.05) is 23.1 Å². The number of aryl methyl sites for hydroxylation is 1. The number of hydrogen-bond donors (Lipinski definition) is 1. The van der Waals surface area contributed by atoms with Crippen LogP contribution in [0.25, 0.3) is 0 Å². The van der Waals surface area contributed by atoms with Crippen molar-refractivity contribution in [1.29, 1.82) is 0 Å². The second-order valence-corrected chi connectivity index (χ2v) is 11.2. The van der Waals surface area contributed by atoms with Gasteiger partial charge < -0.3 is 5.32 Å². The monoisotopic (exact) mass is 554 g/mol. The summed E-state index contributed by atoms with van der Waals surface area (Å²) in [6.45, 7) is 1.30. The zero-order valence-corrected chi connectivity index (χ0v) is 21.6. The number of anilines is 1. The van der Waals surface area contributed by atoms with Crippen LogP contribution in [0, 0.1) is 12.7 Å². The van der Waals surface area contributed by atoms with E-state index in [1.54, 1.807) is 37.3 Å². The van der Waals surface area contributed by atoms with Gasteiger partial charge in [-0.2, -0.15) is 24.9 Å². The first-order valence-electron chi connectivity index (χ1n) is 11.3. The minimum absolute atomic E-state index is 0.146. The maximum absolute atomic E-state index is 13.7. The van der Waals surface area contributed by atoms with Gasteiger partial charge >= 0.3 is 6.18 Å². The number of sulfonamides is 1. The zero-order chi connectivity index (χ0) is 27.1. The summed E-state index contributed by atoms with van der Waals surface area (Å²) in [7, 11) is -4.34. The van der Waals surface area contributed by atoms with Crippen molar-refractivity contribution in [2.45, 2.75) is 30.2 Å². The standard InChI is InChI=1S/C26H26F4N2O3S2/c1-19-10-12-23(13-11-19)37(34,35)32(22-8-4-7-21(16-22)26(28,29)30)17-25(33)31-14-5-15-36-18-20-6-2-3-9-24(20)27/h2-4,6-13,16H,5,14-15,17-18H2,1H3,(H,31,33). The van der Waals surface area contributed by atoms with Crippen molar-refractivity contribution in [3.8, 4) is 0 Å². The second-order valence-electron chi connectivity index (χ2n) is 8.22. The van der Waals surface area contributed by atoms with Crippen molar-refractivity contribution >= 4 is 33.4 Å². The molecule has 0 spiro atoms. The highest BCUT2D eigenvalue weighted by Gasteiger charge is 2.33. The molecule has 0 unspecified atom stereocenters. The lowest BCUT2D eigenvalue weighted by Crippen LogP contribution is -2.41. The number of benzene rings is 3. The molecule has 0 aromatic heterocycles. The Labute approximate surface area is 217 Å². The highest BCUT2D eigenvalue weighted by molar-refractivity contribution is 7.98. The van der Waals surface area contributed by atoms with E-state index >= 15 is 0 Å². The Hall–Kier alpha value is -3.05. The summed E-state index contributed by atoms with van der Waals surface area (Å²) >= 11 is 1.49. The van der Waals surface area contributed by atoms with Crippen LogP contribution in [0.5, 0.6) is 0 Å². The van der Waals surface area contributed by atoms with Gasteiger partial charge in [-0.3, -0.25) is 9.10 Å². The Kier molecular flexibility index (Phi) is 9.61. The number of nitrogens with zero attached hydrogens (tertiary/aromatic N) is 1. The van der Waals surface area contributed by atoms with E-state index in [-0.39, 0.29) is 22.9 Å². The van der Waals surface area contributed by atoms with Gasteiger partial charge in [0.05, 0.1) is 16.1 Å². The Bertz CT molecular complexity index is 1310. The second kappa shape index (κ2) is 12.5. The fourth-order valence-electron chi connectivity index (χ4n) is 3.38. The average molecular weight is 555 g/mol. The van der Waals surface area contributed by atoms with Gasteiger partial charge in [0.15, 0.2) is 0 Å². The van der Waals surface area contributed by atoms with Crippen molar-refractivity contribution in [3.63, 3.8) is 0 Å². The molecule has 0 radical (unpaired) electrons. The molecule has 3 aromatic carbocycles. The molecule has 11 heteroatoms. The Balaban J connectivity index is 1.68. The van der Waals surface area contributed by atoms with Crippen molar-refractivity contribution in [2.24, 2.45) is 0 Å². The molecule has 1 N–H and O–H groups in total. The first-order valence-corrected chi connectivity index (χ1v) is 13.9. The lowest BCUT2D eigenvalue weighted by atomic mass is 10.2. The van der Waals surface area contributed by atoms with Crippen molar-refractivity contribution in [3.05, 3.63) is 95.3 Å². The Morgan fingerprint density at radius 3 is 2.38 bits per heavy atom. The summed E-state index contributed by atoms with van der Waals surface area (Å²) in [4.78, 5) is 12.5. The molecule has 3 rings (SSSR count). The number of nitrogens with one attached hydrogen (secondary N) is 1. The fourth-order valence-corrected chi connectivity index (χ4v) is 5.74. The van der Waals surface area contributed by atoms with Crippen LogP contribution in [0.4, 0.5) is 23.2 Å². The van der Waals surface area contributed by atoms with Crippen LogP contribution in [-0.4, -0.2) is 33.2 Å². The summed E-state index contributed by atoms with van der Waals surface area (Å²) in [6.07, 6.45) is -4.14. The maximum atomic E-state index is 13.7. The molecule has 198 valence electrons. The Morgan fingerprint density at radius 2 is 1.70 bits per heavy atom. The summed E-state index contributed by atoms with van der Waals surface area (Å²) in [5, 5.41) is 2.62. The van der Waals surface area contributed by atoms with Crippen LogP contribution in [0.3, 0.4) is 0 Å². The average Bonchev–Trinajstić information content (AvgIpc) is 2.85. The topological polar surface area (TPSA) is 66.5 Å². The van der Waals surface area contributed by atoms with E-state index in [0.717, 1.165) is 17.7 Å². The molecule has 0 fully saturated rings. The number of hydrogen-bond acceptors (Lipinski definition) is 4. The van der Waals surface area contributed by atoms with E-state index in [1.807, 2.05) is 0 Å². The van der Waals surface area contributed by atoms with Gasteiger partial charge in [-0.05, 0) is 61.1 Å². The van der Waals surface area contributed by atoms with E-state index < -0.39 is 34.2 Å². The third-order valence-corrected chi connectivity index (χ3v) is 8.24. The molecule has 0 aliphatic rings. The number of thioether (sulfide) groups is 1. The number of alkyl halides is 3. The minimum atomic E-state index is -4.68. The highest BCUT2D eigenvalue weighted by atomic mass is 32.2. The van der Waals surface area contributed by atoms with E-state index in [4.69, 9.17) is 0 Å². The summed E-state index contributed by atoms with van der Waals surface area (Å²) in [6, 6.07) is 16.1. The third-order valence-electron chi connectivity index (χ3n) is 5.36. The molecule has 0 saturated carbocycles.